The number of nitrogens with zero attached hydrogens (tertiary/aromatic N) is 1. The van der Waals surface area contributed by atoms with Crippen LogP contribution in [0.4, 0.5) is 0 Å². The summed E-state index contributed by atoms with van der Waals surface area (Å²) in [5.74, 6) is 0. The zero-order valence-electron chi connectivity index (χ0n) is 8.25. The van der Waals surface area contributed by atoms with Gasteiger partial charge < -0.3 is 10.3 Å². The lowest BCUT2D eigenvalue weighted by Crippen LogP contribution is -2.25. The fraction of sp³-hybridized carbons (Fsp3) is 0.273. The Balaban J connectivity index is 3.15. The molecule has 13 heavy (non-hydrogen) atoms. The Hall–Kier alpha value is -1.44. The third kappa shape index (κ3) is 2.25. The van der Waals surface area contributed by atoms with Crippen LogP contribution in [0.1, 0.15) is 13.3 Å². The van der Waals surface area contributed by atoms with Gasteiger partial charge in [-0.1, -0.05) is 13.5 Å². The molecule has 1 aromatic rings. The normalized spacial score (nSPS) is 13.7. The van der Waals surface area contributed by atoms with Crippen molar-refractivity contribution in [1.82, 2.24) is 4.57 Å². The van der Waals surface area contributed by atoms with E-state index >= 15 is 0 Å². The van der Waals surface area contributed by atoms with Crippen LogP contribution in [0.15, 0.2) is 24.0 Å². The standard InChI is InChI=1S/C11H16N2/c1-4-10(12)5-6-11-9(2)7-8-13(11)3/h5-8H,2,4,12H2,1,3H3/b10-5+,11-6+. The molecule has 0 saturated heterocycles. The number of aromatic nitrogens is 1. The monoisotopic (exact) mass is 176 g/mol. The molecule has 0 aliphatic rings. The van der Waals surface area contributed by atoms with Crippen molar-refractivity contribution >= 4 is 12.7 Å². The number of aryl methyl sites for hydroxylation is 1. The molecule has 1 rings (SSSR count). The summed E-state index contributed by atoms with van der Waals surface area (Å²) >= 11 is 0. The van der Waals surface area contributed by atoms with Crippen LogP contribution >= 0.6 is 0 Å². The van der Waals surface area contributed by atoms with Crippen LogP contribution in [0.25, 0.3) is 12.7 Å². The highest BCUT2D eigenvalue weighted by atomic mass is 14.9. The van der Waals surface area contributed by atoms with Crippen LogP contribution in [0.3, 0.4) is 0 Å². The van der Waals surface area contributed by atoms with E-state index < -0.39 is 0 Å². The molecule has 1 heterocycles. The lowest BCUT2D eigenvalue weighted by molar-refractivity contribution is 0.889. The first-order chi connectivity index (χ1) is 6.15. The third-order valence-electron chi connectivity index (χ3n) is 2.07. The fourth-order valence-corrected chi connectivity index (χ4v) is 1.12. The summed E-state index contributed by atoms with van der Waals surface area (Å²) < 4.78 is 2.03. The second-order valence-corrected chi connectivity index (χ2v) is 3.10. The highest BCUT2D eigenvalue weighted by Gasteiger charge is 1.87. The predicted molar refractivity (Wildman–Crippen MR) is 57.2 cm³/mol. The van der Waals surface area contributed by atoms with Gasteiger partial charge in [-0.25, -0.2) is 0 Å². The first kappa shape index (κ1) is 9.65. The van der Waals surface area contributed by atoms with Gasteiger partial charge >= 0.3 is 0 Å². The molecule has 0 atom stereocenters. The van der Waals surface area contributed by atoms with E-state index in [4.69, 9.17) is 5.73 Å². The van der Waals surface area contributed by atoms with E-state index in [9.17, 15) is 0 Å². The molecule has 0 radical (unpaired) electrons. The van der Waals surface area contributed by atoms with Gasteiger partial charge in [0.25, 0.3) is 0 Å². The fourth-order valence-electron chi connectivity index (χ4n) is 1.12. The smallest absolute Gasteiger partial charge is 0.0472 e. The van der Waals surface area contributed by atoms with E-state index in [2.05, 4.69) is 6.58 Å². The first-order valence-electron chi connectivity index (χ1n) is 4.41. The van der Waals surface area contributed by atoms with Crippen molar-refractivity contribution in [3.8, 4) is 0 Å². The molecule has 0 aromatic carbocycles. The minimum atomic E-state index is 0.882. The van der Waals surface area contributed by atoms with Gasteiger partial charge in [-0.2, -0.15) is 0 Å². The van der Waals surface area contributed by atoms with E-state index in [-0.39, 0.29) is 0 Å². The van der Waals surface area contributed by atoms with Crippen molar-refractivity contribution in [3.63, 3.8) is 0 Å². The molecule has 70 valence electrons. The van der Waals surface area contributed by atoms with Crippen molar-refractivity contribution in [2.45, 2.75) is 13.3 Å². The summed E-state index contributed by atoms with van der Waals surface area (Å²) in [6.07, 6.45) is 6.81. The average Bonchev–Trinajstić information content (AvgIpc) is 2.43. The van der Waals surface area contributed by atoms with Crippen molar-refractivity contribution < 1.29 is 0 Å². The molecular weight excluding hydrogens is 160 g/mol. The molecule has 2 N–H and O–H groups in total. The number of rotatable bonds is 2. The van der Waals surface area contributed by atoms with Gasteiger partial charge in [0.2, 0.25) is 0 Å². The minimum absolute atomic E-state index is 0.882. The van der Waals surface area contributed by atoms with Crippen molar-refractivity contribution in [2.24, 2.45) is 12.8 Å². The van der Waals surface area contributed by atoms with Crippen molar-refractivity contribution in [3.05, 3.63) is 34.6 Å². The second kappa shape index (κ2) is 3.99. The highest BCUT2D eigenvalue weighted by molar-refractivity contribution is 5.37. The molecule has 0 fully saturated rings. The summed E-state index contributed by atoms with van der Waals surface area (Å²) in [6, 6.07) is 1.99. The number of allylic oxidation sites excluding steroid dienone is 2. The molecule has 2 heteroatoms. The Morgan fingerprint density at radius 1 is 1.69 bits per heavy atom. The molecule has 0 unspecified atom stereocenters. The highest BCUT2D eigenvalue weighted by Crippen LogP contribution is 1.89. The van der Waals surface area contributed by atoms with Crippen LogP contribution in [0, 0.1) is 0 Å². The van der Waals surface area contributed by atoms with E-state index in [1.165, 1.54) is 0 Å². The molecule has 2 nitrogen and oxygen atoms in total. The van der Waals surface area contributed by atoms with Crippen molar-refractivity contribution in [1.29, 1.82) is 0 Å². The number of nitrogens with two attached hydrogens (primary N) is 1. The van der Waals surface area contributed by atoms with Crippen molar-refractivity contribution in [2.75, 3.05) is 0 Å². The Labute approximate surface area is 78.7 Å². The van der Waals surface area contributed by atoms with E-state index in [1.54, 1.807) is 0 Å². The lowest BCUT2D eigenvalue weighted by Gasteiger charge is -1.92. The van der Waals surface area contributed by atoms with Gasteiger partial charge in [-0.15, -0.1) is 0 Å². The van der Waals surface area contributed by atoms with Gasteiger partial charge in [-0.05, 0) is 29.9 Å². The molecule has 0 amide bonds. The molecule has 0 bridgehead atoms. The maximum absolute atomic E-state index is 5.69. The second-order valence-electron chi connectivity index (χ2n) is 3.10. The van der Waals surface area contributed by atoms with Gasteiger partial charge in [0.15, 0.2) is 0 Å². The summed E-state index contributed by atoms with van der Waals surface area (Å²) in [5.41, 5.74) is 6.58. The zero-order chi connectivity index (χ0) is 9.84. The Morgan fingerprint density at radius 2 is 2.38 bits per heavy atom. The van der Waals surface area contributed by atoms with Gasteiger partial charge in [0, 0.05) is 24.3 Å². The van der Waals surface area contributed by atoms with E-state index in [1.807, 2.05) is 43.0 Å². The summed E-state index contributed by atoms with van der Waals surface area (Å²) in [6.45, 7) is 5.96. The summed E-state index contributed by atoms with van der Waals surface area (Å²) in [4.78, 5) is 0. The third-order valence-corrected chi connectivity index (χ3v) is 2.07. The van der Waals surface area contributed by atoms with Crippen LogP contribution in [0.5, 0.6) is 0 Å². The topological polar surface area (TPSA) is 30.9 Å². The molecular formula is C11H16N2. The van der Waals surface area contributed by atoms with Gasteiger partial charge in [0.1, 0.15) is 0 Å². The van der Waals surface area contributed by atoms with Crippen LogP contribution < -0.4 is 16.3 Å². The number of hydrogen-bond acceptors (Lipinski definition) is 1. The lowest BCUT2D eigenvalue weighted by atomic mass is 10.3. The maximum Gasteiger partial charge on any atom is 0.0472 e. The molecule has 0 aliphatic carbocycles. The van der Waals surface area contributed by atoms with Crippen LogP contribution in [0.2, 0.25) is 0 Å². The first-order valence-corrected chi connectivity index (χ1v) is 4.41. The van der Waals surface area contributed by atoms with Gasteiger partial charge in [-0.3, -0.25) is 0 Å². The Morgan fingerprint density at radius 3 is 2.85 bits per heavy atom. The predicted octanol–water partition coefficient (Wildman–Crippen LogP) is 0.468. The Kier molecular flexibility index (Phi) is 2.96. The number of hydrogen-bond donors (Lipinski definition) is 1. The quantitative estimate of drug-likeness (QED) is 0.697. The Bertz CT molecular complexity index is 410. The van der Waals surface area contributed by atoms with Gasteiger partial charge in [0.05, 0.1) is 0 Å². The maximum atomic E-state index is 5.69. The summed E-state index contributed by atoms with van der Waals surface area (Å²) in [7, 11) is 2.00. The molecule has 0 aliphatic heterocycles. The molecule has 0 saturated carbocycles. The molecule has 0 spiro atoms. The summed E-state index contributed by atoms with van der Waals surface area (Å²) in [5, 5.41) is 2.14. The molecule has 1 aromatic heterocycles. The van der Waals surface area contributed by atoms with E-state index in [0.29, 0.717) is 0 Å². The zero-order valence-corrected chi connectivity index (χ0v) is 8.25. The van der Waals surface area contributed by atoms with Crippen LogP contribution in [-0.2, 0) is 7.05 Å². The average molecular weight is 176 g/mol. The SMILES string of the molecule is C=c1ccn(C)/c1=C/C=C(/N)CC. The minimum Gasteiger partial charge on any atom is -0.402 e. The van der Waals surface area contributed by atoms with E-state index in [0.717, 1.165) is 22.7 Å². The largest absolute Gasteiger partial charge is 0.402 e. The van der Waals surface area contributed by atoms with Crippen LogP contribution in [-0.4, -0.2) is 4.57 Å².